The third-order valence-electron chi connectivity index (χ3n) is 5.38. The summed E-state index contributed by atoms with van der Waals surface area (Å²) in [5, 5.41) is 11.4. The van der Waals surface area contributed by atoms with Gasteiger partial charge in [0, 0.05) is 37.4 Å². The highest BCUT2D eigenvalue weighted by Crippen LogP contribution is 2.30. The summed E-state index contributed by atoms with van der Waals surface area (Å²) >= 11 is 0. The molecule has 1 aromatic heterocycles. The molecule has 2 N–H and O–H groups in total. The molecule has 7 nitrogen and oxygen atoms in total. The molecule has 1 fully saturated rings. The second-order valence-corrected chi connectivity index (χ2v) is 7.57. The van der Waals surface area contributed by atoms with Crippen molar-refractivity contribution in [1.82, 2.24) is 20.4 Å². The van der Waals surface area contributed by atoms with E-state index in [0.29, 0.717) is 12.6 Å². The highest BCUT2D eigenvalue weighted by atomic mass is 127. The molecule has 1 saturated heterocycles. The maximum Gasteiger partial charge on any atom is 0.191 e. The second-order valence-electron chi connectivity index (χ2n) is 7.57. The van der Waals surface area contributed by atoms with E-state index < -0.39 is 0 Å². The van der Waals surface area contributed by atoms with Gasteiger partial charge in [-0.15, -0.1) is 24.0 Å². The van der Waals surface area contributed by atoms with Crippen molar-refractivity contribution in [2.24, 2.45) is 4.99 Å². The molecule has 4 rings (SSSR count). The molecule has 1 aliphatic heterocycles. The minimum atomic E-state index is 0. The molecular weight excluding hydrogens is 515 g/mol. The van der Waals surface area contributed by atoms with Crippen LogP contribution in [-0.4, -0.2) is 48.5 Å². The van der Waals surface area contributed by atoms with E-state index in [0.717, 1.165) is 54.7 Å². The standard InChI is InChI=1S/C24H30N6O.HI/c1-3-25-24(26-15-19-16-27-30(17-19)21-9-5-4-6-10-21)28-20-13-14-29(18-20)22-11-7-8-12-23(22)31-2;/h4-12,16-17,20H,3,13-15,18H2,1-2H3,(H2,25,26,28);1H. The first kappa shape index (κ1) is 23.9. The number of methoxy groups -OCH3 is 1. The van der Waals surface area contributed by atoms with Crippen LogP contribution in [0.5, 0.6) is 5.75 Å². The van der Waals surface area contributed by atoms with Crippen LogP contribution in [0.1, 0.15) is 18.9 Å². The van der Waals surface area contributed by atoms with E-state index in [1.165, 1.54) is 0 Å². The first-order valence-corrected chi connectivity index (χ1v) is 10.8. The molecule has 2 aromatic carbocycles. The van der Waals surface area contributed by atoms with Crippen LogP contribution >= 0.6 is 24.0 Å². The van der Waals surface area contributed by atoms with Gasteiger partial charge in [-0.2, -0.15) is 5.10 Å². The lowest BCUT2D eigenvalue weighted by atomic mass is 10.2. The minimum Gasteiger partial charge on any atom is -0.495 e. The number of ether oxygens (including phenoxy) is 1. The molecule has 0 saturated carbocycles. The minimum absolute atomic E-state index is 0. The fourth-order valence-electron chi connectivity index (χ4n) is 3.84. The average Bonchev–Trinajstić information content (AvgIpc) is 3.48. The van der Waals surface area contributed by atoms with Crippen molar-refractivity contribution in [1.29, 1.82) is 0 Å². The number of para-hydroxylation sites is 3. The van der Waals surface area contributed by atoms with Gasteiger partial charge in [0.15, 0.2) is 5.96 Å². The van der Waals surface area contributed by atoms with E-state index in [1.54, 1.807) is 7.11 Å². The van der Waals surface area contributed by atoms with Crippen LogP contribution in [0.2, 0.25) is 0 Å². The molecule has 0 spiro atoms. The van der Waals surface area contributed by atoms with Crippen LogP contribution < -0.4 is 20.3 Å². The van der Waals surface area contributed by atoms with Gasteiger partial charge >= 0.3 is 0 Å². The predicted molar refractivity (Wildman–Crippen MR) is 141 cm³/mol. The van der Waals surface area contributed by atoms with Crippen molar-refractivity contribution < 1.29 is 4.74 Å². The van der Waals surface area contributed by atoms with Gasteiger partial charge in [0.25, 0.3) is 0 Å². The average molecular weight is 546 g/mol. The van der Waals surface area contributed by atoms with Crippen molar-refractivity contribution in [3.63, 3.8) is 0 Å². The molecule has 0 aliphatic carbocycles. The zero-order valence-corrected chi connectivity index (χ0v) is 20.9. The lowest BCUT2D eigenvalue weighted by Crippen LogP contribution is -2.44. The highest BCUT2D eigenvalue weighted by molar-refractivity contribution is 14.0. The summed E-state index contributed by atoms with van der Waals surface area (Å²) in [4.78, 5) is 7.15. The monoisotopic (exact) mass is 546 g/mol. The number of guanidine groups is 1. The Morgan fingerprint density at radius 2 is 1.94 bits per heavy atom. The summed E-state index contributed by atoms with van der Waals surface area (Å²) in [7, 11) is 1.72. The van der Waals surface area contributed by atoms with Crippen LogP contribution in [0.15, 0.2) is 72.0 Å². The maximum atomic E-state index is 5.53. The lowest BCUT2D eigenvalue weighted by molar-refractivity contribution is 0.415. The van der Waals surface area contributed by atoms with Gasteiger partial charge in [-0.3, -0.25) is 0 Å². The first-order chi connectivity index (χ1) is 15.3. The number of nitrogens with one attached hydrogen (secondary N) is 2. The number of hydrogen-bond acceptors (Lipinski definition) is 4. The lowest BCUT2D eigenvalue weighted by Gasteiger charge is -2.22. The van der Waals surface area contributed by atoms with Crippen LogP contribution in [0.3, 0.4) is 0 Å². The Morgan fingerprint density at radius 3 is 2.72 bits per heavy atom. The van der Waals surface area contributed by atoms with E-state index in [4.69, 9.17) is 9.73 Å². The molecule has 8 heteroatoms. The van der Waals surface area contributed by atoms with Gasteiger partial charge < -0.3 is 20.3 Å². The summed E-state index contributed by atoms with van der Waals surface area (Å²) < 4.78 is 7.41. The Morgan fingerprint density at radius 1 is 1.16 bits per heavy atom. The van der Waals surface area contributed by atoms with Crippen LogP contribution in [-0.2, 0) is 6.54 Å². The molecule has 2 heterocycles. The fourth-order valence-corrected chi connectivity index (χ4v) is 3.84. The van der Waals surface area contributed by atoms with Gasteiger partial charge in [-0.1, -0.05) is 30.3 Å². The molecule has 3 aromatic rings. The van der Waals surface area contributed by atoms with Crippen molar-refractivity contribution in [2.45, 2.75) is 25.9 Å². The number of aromatic nitrogens is 2. The van der Waals surface area contributed by atoms with Crippen LogP contribution in [0.25, 0.3) is 5.69 Å². The van der Waals surface area contributed by atoms with Gasteiger partial charge in [0.2, 0.25) is 0 Å². The first-order valence-electron chi connectivity index (χ1n) is 10.8. The van der Waals surface area contributed by atoms with Crippen LogP contribution in [0.4, 0.5) is 5.69 Å². The number of halogens is 1. The normalized spacial score (nSPS) is 15.9. The molecule has 1 aliphatic rings. The van der Waals surface area contributed by atoms with Crippen molar-refractivity contribution in [3.05, 3.63) is 72.6 Å². The summed E-state index contributed by atoms with van der Waals surface area (Å²) in [5.74, 6) is 1.75. The quantitative estimate of drug-likeness (QED) is 0.268. The Kier molecular flexibility index (Phi) is 8.78. The van der Waals surface area contributed by atoms with Crippen molar-refractivity contribution in [2.75, 3.05) is 31.6 Å². The van der Waals surface area contributed by atoms with E-state index in [9.17, 15) is 0 Å². The van der Waals surface area contributed by atoms with E-state index in [1.807, 2.05) is 59.5 Å². The number of anilines is 1. The van der Waals surface area contributed by atoms with Crippen molar-refractivity contribution in [3.8, 4) is 11.4 Å². The number of rotatable bonds is 7. The van der Waals surface area contributed by atoms with Gasteiger partial charge in [-0.25, -0.2) is 9.67 Å². The summed E-state index contributed by atoms with van der Waals surface area (Å²) in [6.45, 7) is 5.38. The largest absolute Gasteiger partial charge is 0.495 e. The highest BCUT2D eigenvalue weighted by Gasteiger charge is 2.25. The summed E-state index contributed by atoms with van der Waals surface area (Å²) in [6.07, 6.45) is 4.95. The van der Waals surface area contributed by atoms with Gasteiger partial charge in [0.05, 0.1) is 31.2 Å². The number of benzene rings is 2. The van der Waals surface area contributed by atoms with Gasteiger partial charge in [0.1, 0.15) is 5.75 Å². The predicted octanol–water partition coefficient (Wildman–Crippen LogP) is 3.83. The molecule has 0 amide bonds. The zero-order chi connectivity index (χ0) is 21.5. The molecule has 1 unspecified atom stereocenters. The van der Waals surface area contributed by atoms with Gasteiger partial charge in [-0.05, 0) is 37.6 Å². The number of hydrogen-bond donors (Lipinski definition) is 2. The second kappa shape index (κ2) is 11.8. The van der Waals surface area contributed by atoms with E-state index in [2.05, 4.69) is 39.7 Å². The molecule has 32 heavy (non-hydrogen) atoms. The van der Waals surface area contributed by atoms with Crippen LogP contribution in [0, 0.1) is 0 Å². The molecule has 1 atom stereocenters. The summed E-state index contributed by atoms with van der Waals surface area (Å²) in [6, 6.07) is 18.6. The van der Waals surface area contributed by atoms with E-state index >= 15 is 0 Å². The third kappa shape index (κ3) is 5.93. The third-order valence-corrected chi connectivity index (χ3v) is 5.38. The Hall–Kier alpha value is -2.75. The fraction of sp³-hybridized carbons (Fsp3) is 0.333. The Balaban J connectivity index is 0.00000289. The Bertz CT molecular complexity index is 1010. The topological polar surface area (TPSA) is 66.7 Å². The van der Waals surface area contributed by atoms with E-state index in [-0.39, 0.29) is 24.0 Å². The smallest absolute Gasteiger partial charge is 0.191 e. The maximum absolute atomic E-state index is 5.53. The molecule has 0 radical (unpaired) electrons. The molecule has 0 bridgehead atoms. The molecule has 170 valence electrons. The Labute approximate surface area is 206 Å². The number of nitrogens with zero attached hydrogens (tertiary/aromatic N) is 4. The SMILES string of the molecule is CCNC(=NCc1cnn(-c2ccccc2)c1)NC1CCN(c2ccccc2OC)C1.I. The molecular formula is C24H31IN6O. The number of aliphatic imine (C=N–C) groups is 1. The summed E-state index contributed by atoms with van der Waals surface area (Å²) in [5.41, 5.74) is 3.26. The van der Waals surface area contributed by atoms with Crippen molar-refractivity contribution >= 4 is 35.6 Å². The zero-order valence-electron chi connectivity index (χ0n) is 18.6.